The van der Waals surface area contributed by atoms with Gasteiger partial charge in [-0.15, -0.1) is 5.10 Å². The third-order valence-electron chi connectivity index (χ3n) is 4.56. The molecule has 0 saturated carbocycles. The van der Waals surface area contributed by atoms with Gasteiger partial charge in [0.05, 0.1) is 5.56 Å². The predicted molar refractivity (Wildman–Crippen MR) is 108 cm³/mol. The van der Waals surface area contributed by atoms with Gasteiger partial charge in [-0.05, 0) is 24.1 Å². The SMILES string of the molecule is O=C(O)c1ccc(CCNc2nn3c(=O)cc(N4CCNCC4)nc3s2)cc1. The molecule has 1 aromatic carbocycles. The van der Waals surface area contributed by atoms with Crippen LogP contribution in [0.1, 0.15) is 15.9 Å². The van der Waals surface area contributed by atoms with Gasteiger partial charge in [0.1, 0.15) is 5.82 Å². The molecule has 9 nitrogen and oxygen atoms in total. The number of carbonyl (C=O) groups is 1. The van der Waals surface area contributed by atoms with Crippen molar-refractivity contribution in [3.8, 4) is 0 Å². The fourth-order valence-electron chi connectivity index (χ4n) is 3.05. The van der Waals surface area contributed by atoms with E-state index in [1.165, 1.54) is 21.9 Å². The van der Waals surface area contributed by atoms with Gasteiger partial charge in [0.15, 0.2) is 0 Å². The number of piperazine rings is 1. The maximum absolute atomic E-state index is 12.4. The maximum Gasteiger partial charge on any atom is 0.335 e. The average molecular weight is 400 g/mol. The van der Waals surface area contributed by atoms with Crippen LogP contribution in [0.4, 0.5) is 10.9 Å². The number of hydrogen-bond donors (Lipinski definition) is 3. The van der Waals surface area contributed by atoms with E-state index in [9.17, 15) is 9.59 Å². The predicted octanol–water partition coefficient (Wildman–Crippen LogP) is 0.913. The highest BCUT2D eigenvalue weighted by molar-refractivity contribution is 7.20. The van der Waals surface area contributed by atoms with Crippen LogP contribution in [0.3, 0.4) is 0 Å². The van der Waals surface area contributed by atoms with Crippen LogP contribution < -0.4 is 21.1 Å². The van der Waals surface area contributed by atoms with Crippen molar-refractivity contribution in [3.05, 3.63) is 51.8 Å². The Morgan fingerprint density at radius 3 is 2.71 bits per heavy atom. The molecule has 3 N–H and O–H groups in total. The van der Waals surface area contributed by atoms with Crippen molar-refractivity contribution in [2.45, 2.75) is 6.42 Å². The molecule has 0 aliphatic carbocycles. The molecule has 0 unspecified atom stereocenters. The van der Waals surface area contributed by atoms with E-state index >= 15 is 0 Å². The zero-order chi connectivity index (χ0) is 19.5. The molecule has 0 amide bonds. The van der Waals surface area contributed by atoms with Crippen molar-refractivity contribution in [1.82, 2.24) is 19.9 Å². The van der Waals surface area contributed by atoms with Crippen molar-refractivity contribution in [2.75, 3.05) is 42.9 Å². The first-order chi connectivity index (χ1) is 13.6. The Labute approximate surface area is 164 Å². The minimum atomic E-state index is -0.933. The number of carboxylic acids is 1. The molecule has 0 bridgehead atoms. The number of hydrogen-bond acceptors (Lipinski definition) is 8. The summed E-state index contributed by atoms with van der Waals surface area (Å²) in [4.78, 5) is 30.5. The van der Waals surface area contributed by atoms with Gasteiger partial charge in [0.25, 0.3) is 5.56 Å². The highest BCUT2D eigenvalue weighted by atomic mass is 32.1. The summed E-state index contributed by atoms with van der Waals surface area (Å²) < 4.78 is 1.32. The van der Waals surface area contributed by atoms with Gasteiger partial charge in [-0.1, -0.05) is 23.5 Å². The van der Waals surface area contributed by atoms with E-state index in [0.717, 1.165) is 31.7 Å². The molecule has 0 atom stereocenters. The Bertz CT molecular complexity index is 1040. The topological polar surface area (TPSA) is 112 Å². The van der Waals surface area contributed by atoms with E-state index in [0.29, 0.717) is 28.9 Å². The second-order valence-electron chi connectivity index (χ2n) is 6.47. The quantitative estimate of drug-likeness (QED) is 0.560. The Balaban J connectivity index is 1.43. The molecule has 10 heteroatoms. The summed E-state index contributed by atoms with van der Waals surface area (Å²) in [5, 5.41) is 20.4. The third kappa shape index (κ3) is 3.97. The maximum atomic E-state index is 12.4. The summed E-state index contributed by atoms with van der Waals surface area (Å²) in [6, 6.07) is 8.32. The molecule has 1 fully saturated rings. The van der Waals surface area contributed by atoms with Crippen LogP contribution >= 0.6 is 11.3 Å². The molecular formula is C18H20N6O3S. The fraction of sp³-hybridized carbons (Fsp3) is 0.333. The van der Waals surface area contributed by atoms with Gasteiger partial charge < -0.3 is 20.6 Å². The Morgan fingerprint density at radius 1 is 1.25 bits per heavy atom. The number of nitrogens with one attached hydrogen (secondary N) is 2. The Hall–Kier alpha value is -2.98. The van der Waals surface area contributed by atoms with Crippen LogP contribution in [0.15, 0.2) is 35.1 Å². The second kappa shape index (κ2) is 7.95. The van der Waals surface area contributed by atoms with Crippen LogP contribution in [0.5, 0.6) is 0 Å². The largest absolute Gasteiger partial charge is 0.478 e. The number of benzene rings is 1. The molecule has 3 aromatic rings. The van der Waals surface area contributed by atoms with Crippen LogP contribution in [0, 0.1) is 0 Å². The lowest BCUT2D eigenvalue weighted by Gasteiger charge is -2.27. The first-order valence-corrected chi connectivity index (χ1v) is 9.84. The number of aromatic carboxylic acids is 1. The zero-order valence-corrected chi connectivity index (χ0v) is 15.9. The summed E-state index contributed by atoms with van der Waals surface area (Å²) in [6.07, 6.45) is 0.712. The average Bonchev–Trinajstić information content (AvgIpc) is 3.12. The lowest BCUT2D eigenvalue weighted by Crippen LogP contribution is -2.44. The van der Waals surface area contributed by atoms with Gasteiger partial charge in [-0.25, -0.2) is 9.78 Å². The third-order valence-corrected chi connectivity index (χ3v) is 5.43. The number of rotatable bonds is 6. The zero-order valence-electron chi connectivity index (χ0n) is 15.1. The minimum absolute atomic E-state index is 0.188. The van der Waals surface area contributed by atoms with Crippen molar-refractivity contribution in [1.29, 1.82) is 0 Å². The molecule has 3 heterocycles. The van der Waals surface area contributed by atoms with E-state index in [1.54, 1.807) is 24.3 Å². The number of carboxylic acid groups (broad SMARTS) is 1. The molecule has 1 saturated heterocycles. The molecule has 0 radical (unpaired) electrons. The van der Waals surface area contributed by atoms with E-state index < -0.39 is 5.97 Å². The number of nitrogens with zero attached hydrogens (tertiary/aromatic N) is 4. The van der Waals surface area contributed by atoms with Crippen molar-refractivity contribution in [3.63, 3.8) is 0 Å². The van der Waals surface area contributed by atoms with E-state index in [1.807, 2.05) is 0 Å². The summed E-state index contributed by atoms with van der Waals surface area (Å²) in [5.74, 6) is -0.238. The smallest absolute Gasteiger partial charge is 0.335 e. The number of aromatic nitrogens is 3. The highest BCUT2D eigenvalue weighted by Gasteiger charge is 2.15. The van der Waals surface area contributed by atoms with Gasteiger partial charge >= 0.3 is 5.97 Å². The first-order valence-electron chi connectivity index (χ1n) is 9.03. The molecular weight excluding hydrogens is 380 g/mol. The van der Waals surface area contributed by atoms with Gasteiger partial charge in [0.2, 0.25) is 10.1 Å². The van der Waals surface area contributed by atoms with Crippen molar-refractivity contribution < 1.29 is 9.90 Å². The normalized spacial score (nSPS) is 14.4. The van der Waals surface area contributed by atoms with Gasteiger partial charge in [-0.3, -0.25) is 4.79 Å². The Kier molecular flexibility index (Phi) is 5.22. The highest BCUT2D eigenvalue weighted by Crippen LogP contribution is 2.19. The molecule has 2 aromatic heterocycles. The standard InChI is InChI=1S/C18H20N6O3S/c25-15-11-14(23-9-7-19-8-10-23)21-18-24(15)22-17(28-18)20-6-5-12-1-3-13(4-2-12)16(26)27/h1-4,11,19H,5-10H2,(H,20,22)(H,26,27). The monoisotopic (exact) mass is 400 g/mol. The second-order valence-corrected chi connectivity index (χ2v) is 7.43. The van der Waals surface area contributed by atoms with E-state index in [2.05, 4.69) is 25.6 Å². The Morgan fingerprint density at radius 2 is 2.00 bits per heavy atom. The van der Waals surface area contributed by atoms with Crippen LogP contribution in [-0.4, -0.2) is 58.4 Å². The summed E-state index contributed by atoms with van der Waals surface area (Å²) in [6.45, 7) is 4.03. The van der Waals surface area contributed by atoms with E-state index in [-0.39, 0.29) is 11.1 Å². The summed E-state index contributed by atoms with van der Waals surface area (Å²) in [7, 11) is 0. The number of fused-ring (bicyclic) bond motifs is 1. The van der Waals surface area contributed by atoms with Crippen LogP contribution in [0.2, 0.25) is 0 Å². The lowest BCUT2D eigenvalue weighted by molar-refractivity contribution is 0.0697. The molecule has 1 aliphatic heterocycles. The van der Waals surface area contributed by atoms with Gasteiger partial charge in [-0.2, -0.15) is 4.52 Å². The molecule has 28 heavy (non-hydrogen) atoms. The van der Waals surface area contributed by atoms with Crippen molar-refractivity contribution in [2.24, 2.45) is 0 Å². The van der Waals surface area contributed by atoms with Crippen LogP contribution in [-0.2, 0) is 6.42 Å². The fourth-order valence-corrected chi connectivity index (χ4v) is 3.88. The molecule has 1 aliphatic rings. The first kappa shape index (κ1) is 18.4. The van der Waals surface area contributed by atoms with E-state index in [4.69, 9.17) is 5.11 Å². The summed E-state index contributed by atoms with van der Waals surface area (Å²) >= 11 is 1.34. The van der Waals surface area contributed by atoms with Gasteiger partial charge in [0, 0.05) is 38.8 Å². The molecule has 4 rings (SSSR count). The van der Waals surface area contributed by atoms with Crippen molar-refractivity contribution >= 4 is 33.2 Å². The molecule has 0 spiro atoms. The minimum Gasteiger partial charge on any atom is -0.478 e. The lowest BCUT2D eigenvalue weighted by atomic mass is 10.1. The summed E-state index contributed by atoms with van der Waals surface area (Å²) in [5.41, 5.74) is 1.11. The van der Waals surface area contributed by atoms with Crippen LogP contribution in [0.25, 0.3) is 4.96 Å². The number of anilines is 2. The molecule has 146 valence electrons.